The van der Waals surface area contributed by atoms with Crippen molar-refractivity contribution in [2.75, 3.05) is 26.2 Å². The molecule has 0 atom stereocenters. The molecule has 0 amide bonds. The fourth-order valence-electron chi connectivity index (χ4n) is 4.34. The van der Waals surface area contributed by atoms with Crippen molar-refractivity contribution >= 4 is 41.6 Å². The molecular formula is C23H26Cl3NO4. The number of rotatable bonds is 6. The Morgan fingerprint density at radius 3 is 2.52 bits per heavy atom. The monoisotopic (exact) mass is 485 g/mol. The third-order valence-electron chi connectivity index (χ3n) is 6.15. The van der Waals surface area contributed by atoms with E-state index in [1.165, 1.54) is 5.56 Å². The van der Waals surface area contributed by atoms with E-state index in [9.17, 15) is 4.79 Å². The molecule has 0 saturated carbocycles. The number of carboxylic acid groups (broad SMARTS) is 1. The minimum absolute atomic E-state index is 0. The van der Waals surface area contributed by atoms with Gasteiger partial charge in [-0.05, 0) is 56.6 Å². The van der Waals surface area contributed by atoms with Gasteiger partial charge in [0.15, 0.2) is 0 Å². The molecule has 1 spiro atoms. The van der Waals surface area contributed by atoms with E-state index in [0.717, 1.165) is 48.6 Å². The third kappa shape index (κ3) is 5.23. The van der Waals surface area contributed by atoms with Crippen molar-refractivity contribution in [3.8, 4) is 11.5 Å². The molecule has 31 heavy (non-hydrogen) atoms. The van der Waals surface area contributed by atoms with Gasteiger partial charge in [-0.25, -0.2) is 0 Å². The molecule has 168 valence electrons. The van der Waals surface area contributed by atoms with Gasteiger partial charge in [0.1, 0.15) is 18.1 Å². The molecule has 0 aromatic heterocycles. The molecule has 2 aliphatic heterocycles. The van der Waals surface area contributed by atoms with Gasteiger partial charge in [0, 0.05) is 39.2 Å². The van der Waals surface area contributed by atoms with Crippen LogP contribution in [0.25, 0.3) is 0 Å². The highest BCUT2D eigenvalue weighted by atomic mass is 35.5. The van der Waals surface area contributed by atoms with Crippen LogP contribution in [0, 0.1) is 6.92 Å². The van der Waals surface area contributed by atoms with Gasteiger partial charge in [0.25, 0.3) is 0 Å². The number of aryl methyl sites for hydroxylation is 1. The van der Waals surface area contributed by atoms with E-state index in [-0.39, 0.29) is 24.2 Å². The van der Waals surface area contributed by atoms with Gasteiger partial charge >= 0.3 is 5.97 Å². The molecule has 2 aromatic rings. The molecular weight excluding hydrogens is 461 g/mol. The maximum Gasteiger partial charge on any atom is 0.304 e. The van der Waals surface area contributed by atoms with Gasteiger partial charge in [0.2, 0.25) is 0 Å². The van der Waals surface area contributed by atoms with Gasteiger partial charge in [-0.15, -0.1) is 12.4 Å². The molecule has 4 rings (SSSR count). The summed E-state index contributed by atoms with van der Waals surface area (Å²) in [6, 6.07) is 9.77. The van der Waals surface area contributed by atoms with Crippen LogP contribution < -0.4 is 9.47 Å². The largest absolute Gasteiger partial charge is 0.492 e. The number of carboxylic acids is 1. The van der Waals surface area contributed by atoms with Crippen molar-refractivity contribution in [2.24, 2.45) is 0 Å². The van der Waals surface area contributed by atoms with Crippen LogP contribution >= 0.6 is 35.6 Å². The summed E-state index contributed by atoms with van der Waals surface area (Å²) < 4.78 is 12.0. The molecule has 0 radical (unpaired) electrons. The Balaban J connectivity index is 0.00000272. The molecule has 1 saturated heterocycles. The average Bonchev–Trinajstić information content (AvgIpc) is 3.04. The van der Waals surface area contributed by atoms with E-state index in [4.69, 9.17) is 37.8 Å². The van der Waals surface area contributed by atoms with Crippen molar-refractivity contribution in [1.29, 1.82) is 0 Å². The predicted octanol–water partition coefficient (Wildman–Crippen LogP) is 5.50. The summed E-state index contributed by atoms with van der Waals surface area (Å²) in [5, 5.41) is 10.1. The quantitative estimate of drug-likeness (QED) is 0.584. The summed E-state index contributed by atoms with van der Waals surface area (Å²) in [6.07, 6.45) is 2.12. The zero-order valence-electron chi connectivity index (χ0n) is 17.3. The SMILES string of the molecule is Cc1cc(Cl)c(COc2ccc3c(c2)OCC32CCN(CCC(=O)O)CC2)c(Cl)c1.Cl. The summed E-state index contributed by atoms with van der Waals surface area (Å²) in [5.41, 5.74) is 3.02. The van der Waals surface area contributed by atoms with Crippen LogP contribution in [0.4, 0.5) is 0 Å². The normalized spacial score (nSPS) is 17.0. The van der Waals surface area contributed by atoms with Gasteiger partial charge in [-0.1, -0.05) is 29.3 Å². The van der Waals surface area contributed by atoms with Crippen LogP contribution in [-0.2, 0) is 16.8 Å². The van der Waals surface area contributed by atoms with E-state index >= 15 is 0 Å². The van der Waals surface area contributed by atoms with Crippen molar-refractivity contribution in [1.82, 2.24) is 4.90 Å². The maximum atomic E-state index is 10.8. The molecule has 0 unspecified atom stereocenters. The van der Waals surface area contributed by atoms with Gasteiger partial charge in [0.05, 0.1) is 13.0 Å². The number of carbonyl (C=O) groups is 1. The van der Waals surface area contributed by atoms with Crippen LogP contribution in [0.15, 0.2) is 30.3 Å². The zero-order valence-corrected chi connectivity index (χ0v) is 19.7. The number of benzene rings is 2. The molecule has 8 heteroatoms. The van der Waals surface area contributed by atoms with E-state index in [1.807, 2.05) is 31.2 Å². The number of piperidine rings is 1. The number of nitrogens with zero attached hydrogens (tertiary/aromatic N) is 1. The number of likely N-dealkylation sites (tertiary alicyclic amines) is 1. The summed E-state index contributed by atoms with van der Waals surface area (Å²) >= 11 is 12.6. The van der Waals surface area contributed by atoms with Crippen LogP contribution in [-0.4, -0.2) is 42.2 Å². The lowest BCUT2D eigenvalue weighted by molar-refractivity contribution is -0.137. The first-order valence-corrected chi connectivity index (χ1v) is 10.9. The van der Waals surface area contributed by atoms with Gasteiger partial charge < -0.3 is 19.5 Å². The lowest BCUT2D eigenvalue weighted by atomic mass is 9.74. The number of hydrogen-bond acceptors (Lipinski definition) is 4. The highest BCUT2D eigenvalue weighted by molar-refractivity contribution is 6.36. The van der Waals surface area contributed by atoms with Crippen LogP contribution in [0.3, 0.4) is 0 Å². The average molecular weight is 487 g/mol. The Labute approximate surface area is 198 Å². The Kier molecular flexibility index (Phi) is 7.63. The Hall–Kier alpha value is -1.66. The summed E-state index contributed by atoms with van der Waals surface area (Å²) in [5.74, 6) is 0.843. The van der Waals surface area contributed by atoms with Crippen molar-refractivity contribution in [3.63, 3.8) is 0 Å². The Bertz CT molecular complexity index is 935. The van der Waals surface area contributed by atoms with E-state index < -0.39 is 5.97 Å². The molecule has 2 heterocycles. The van der Waals surface area contributed by atoms with Gasteiger partial charge in [-0.3, -0.25) is 4.79 Å². The second-order valence-corrected chi connectivity index (χ2v) is 9.02. The van der Waals surface area contributed by atoms with Crippen molar-refractivity contribution in [2.45, 2.75) is 38.2 Å². The summed E-state index contributed by atoms with van der Waals surface area (Å²) in [6.45, 7) is 5.29. The molecule has 1 fully saturated rings. The first-order valence-electron chi connectivity index (χ1n) is 10.2. The first-order chi connectivity index (χ1) is 14.4. The fraction of sp³-hybridized carbons (Fsp3) is 0.435. The van der Waals surface area contributed by atoms with E-state index in [1.54, 1.807) is 0 Å². The van der Waals surface area contributed by atoms with E-state index in [0.29, 0.717) is 29.8 Å². The smallest absolute Gasteiger partial charge is 0.304 e. The van der Waals surface area contributed by atoms with Crippen LogP contribution in [0.2, 0.25) is 10.0 Å². The fourth-order valence-corrected chi connectivity index (χ4v) is 5.04. The Morgan fingerprint density at radius 2 is 1.87 bits per heavy atom. The molecule has 0 aliphatic carbocycles. The second kappa shape index (κ2) is 9.86. The lowest BCUT2D eigenvalue weighted by Gasteiger charge is -2.38. The molecule has 2 aromatic carbocycles. The number of halogens is 3. The lowest BCUT2D eigenvalue weighted by Crippen LogP contribution is -2.44. The molecule has 0 bridgehead atoms. The molecule has 5 nitrogen and oxygen atoms in total. The number of aliphatic carboxylic acids is 1. The Morgan fingerprint density at radius 1 is 1.19 bits per heavy atom. The number of ether oxygens (including phenoxy) is 2. The first kappa shape index (κ1) is 24.0. The van der Waals surface area contributed by atoms with Crippen molar-refractivity contribution in [3.05, 3.63) is 57.1 Å². The molecule has 2 aliphatic rings. The predicted molar refractivity (Wildman–Crippen MR) is 124 cm³/mol. The summed E-state index contributed by atoms with van der Waals surface area (Å²) in [7, 11) is 0. The minimum atomic E-state index is -0.745. The van der Waals surface area contributed by atoms with Crippen LogP contribution in [0.5, 0.6) is 11.5 Å². The third-order valence-corrected chi connectivity index (χ3v) is 6.83. The number of hydrogen-bond donors (Lipinski definition) is 1. The zero-order chi connectivity index (χ0) is 21.3. The molecule has 1 N–H and O–H groups in total. The highest BCUT2D eigenvalue weighted by Crippen LogP contribution is 2.46. The van der Waals surface area contributed by atoms with Gasteiger partial charge in [-0.2, -0.15) is 0 Å². The second-order valence-electron chi connectivity index (χ2n) is 8.21. The standard InChI is InChI=1S/C23H25Cl2NO4.ClH/c1-15-10-19(24)17(20(25)11-15)13-29-16-2-3-18-21(12-16)30-14-23(18)5-8-26(9-6-23)7-4-22(27)28;/h2-3,10-12H,4-9,13-14H2,1H3,(H,27,28);1H. The highest BCUT2D eigenvalue weighted by Gasteiger charge is 2.43. The van der Waals surface area contributed by atoms with E-state index in [2.05, 4.69) is 11.0 Å². The number of fused-ring (bicyclic) bond motifs is 2. The summed E-state index contributed by atoms with van der Waals surface area (Å²) in [4.78, 5) is 13.0. The maximum absolute atomic E-state index is 10.8. The van der Waals surface area contributed by atoms with Crippen molar-refractivity contribution < 1.29 is 19.4 Å². The van der Waals surface area contributed by atoms with Crippen LogP contribution in [0.1, 0.15) is 36.0 Å². The topological polar surface area (TPSA) is 59.0 Å². The minimum Gasteiger partial charge on any atom is -0.492 e.